The van der Waals surface area contributed by atoms with E-state index in [1.165, 1.54) is 25.1 Å². The molecule has 9 heteroatoms. The number of allylic oxidation sites excluding steroid dienone is 1. The van der Waals surface area contributed by atoms with Gasteiger partial charge in [-0.3, -0.25) is 4.99 Å². The number of nitrogens with two attached hydrogens (primary N) is 2. The number of rotatable bonds is 6. The molecule has 0 spiro atoms. The first-order valence-corrected chi connectivity index (χ1v) is 8.00. The van der Waals surface area contributed by atoms with Gasteiger partial charge in [-0.1, -0.05) is 18.5 Å². The van der Waals surface area contributed by atoms with E-state index in [2.05, 4.69) is 4.99 Å². The van der Waals surface area contributed by atoms with Gasteiger partial charge < -0.3 is 16.6 Å². The summed E-state index contributed by atoms with van der Waals surface area (Å²) in [6.45, 7) is 2.15. The van der Waals surface area contributed by atoms with Gasteiger partial charge in [0.2, 0.25) is 0 Å². The summed E-state index contributed by atoms with van der Waals surface area (Å²) in [7, 11) is 0. The molecule has 0 aliphatic rings. The number of alkyl halides is 3. The van der Waals surface area contributed by atoms with Crippen LogP contribution in [0.3, 0.4) is 0 Å². The third kappa shape index (κ3) is 6.25. The van der Waals surface area contributed by atoms with Crippen LogP contribution in [0, 0.1) is 11.7 Å². The van der Waals surface area contributed by atoms with E-state index in [1.807, 2.05) is 0 Å². The lowest BCUT2D eigenvalue weighted by Crippen LogP contribution is -2.22. The monoisotopic (exact) mass is 393 g/mol. The Bertz CT molecular complexity index is 738. The number of halogens is 5. The predicted molar refractivity (Wildman–Crippen MR) is 95.2 cm³/mol. The van der Waals surface area contributed by atoms with Crippen molar-refractivity contribution in [1.82, 2.24) is 0 Å². The largest absolute Gasteiger partial charge is 0.512 e. The zero-order valence-electron chi connectivity index (χ0n) is 14.2. The first kappa shape index (κ1) is 21.8. The molecule has 0 aromatic heterocycles. The summed E-state index contributed by atoms with van der Waals surface area (Å²) < 4.78 is 51.3. The molecular weight excluding hydrogens is 374 g/mol. The Morgan fingerprint density at radius 1 is 1.35 bits per heavy atom. The molecule has 1 rings (SSSR count). The SMILES string of the molecule is CC(O)=C(/C=C(\N)c1cc(Cl)ccc1F)C(N)=NCCC(C)C(F)(F)F. The third-order valence-corrected chi connectivity index (χ3v) is 3.84. The Kier molecular flexibility index (Phi) is 7.50. The quantitative estimate of drug-likeness (QED) is 0.218. The summed E-state index contributed by atoms with van der Waals surface area (Å²) >= 11 is 5.81. The molecule has 0 saturated carbocycles. The van der Waals surface area contributed by atoms with Crippen LogP contribution in [0.5, 0.6) is 0 Å². The lowest BCUT2D eigenvalue weighted by molar-refractivity contribution is -0.170. The van der Waals surface area contributed by atoms with Crippen molar-refractivity contribution < 1.29 is 22.7 Å². The molecule has 0 radical (unpaired) electrons. The van der Waals surface area contributed by atoms with Gasteiger partial charge in [0, 0.05) is 22.8 Å². The molecule has 5 N–H and O–H groups in total. The summed E-state index contributed by atoms with van der Waals surface area (Å²) in [5.74, 6) is -2.64. The molecule has 144 valence electrons. The van der Waals surface area contributed by atoms with Gasteiger partial charge in [-0.15, -0.1) is 0 Å². The van der Waals surface area contributed by atoms with Gasteiger partial charge in [0.15, 0.2) is 0 Å². The van der Waals surface area contributed by atoms with E-state index in [4.69, 9.17) is 23.1 Å². The lowest BCUT2D eigenvalue weighted by Gasteiger charge is -2.14. The van der Waals surface area contributed by atoms with Gasteiger partial charge in [-0.2, -0.15) is 13.2 Å². The number of nitrogens with zero attached hydrogens (tertiary/aromatic N) is 1. The van der Waals surface area contributed by atoms with E-state index in [1.54, 1.807) is 0 Å². The number of aliphatic hydroxyl groups excluding tert-OH is 1. The van der Waals surface area contributed by atoms with Gasteiger partial charge in [0.25, 0.3) is 0 Å². The molecule has 0 saturated heterocycles. The van der Waals surface area contributed by atoms with Crippen molar-refractivity contribution in [2.75, 3.05) is 6.54 Å². The van der Waals surface area contributed by atoms with E-state index in [-0.39, 0.29) is 46.4 Å². The average molecular weight is 394 g/mol. The molecule has 0 bridgehead atoms. The minimum absolute atomic E-state index is 0.00487. The highest BCUT2D eigenvalue weighted by atomic mass is 35.5. The molecule has 26 heavy (non-hydrogen) atoms. The zero-order valence-corrected chi connectivity index (χ0v) is 15.0. The molecule has 1 unspecified atom stereocenters. The summed E-state index contributed by atoms with van der Waals surface area (Å²) in [6.07, 6.45) is -3.38. The second-order valence-corrected chi connectivity index (χ2v) is 6.16. The number of benzene rings is 1. The van der Waals surface area contributed by atoms with Crippen LogP contribution in [0.1, 0.15) is 25.8 Å². The Balaban J connectivity index is 3.04. The van der Waals surface area contributed by atoms with Crippen molar-refractivity contribution in [3.8, 4) is 0 Å². The number of hydrogen-bond acceptors (Lipinski definition) is 3. The first-order chi connectivity index (χ1) is 11.9. The third-order valence-electron chi connectivity index (χ3n) is 3.61. The molecule has 1 aromatic carbocycles. The summed E-state index contributed by atoms with van der Waals surface area (Å²) in [4.78, 5) is 3.84. The summed E-state index contributed by atoms with van der Waals surface area (Å²) in [5, 5.41) is 10.0. The van der Waals surface area contributed by atoms with E-state index < -0.39 is 17.9 Å². The van der Waals surface area contributed by atoms with Crippen molar-refractivity contribution in [2.24, 2.45) is 22.4 Å². The topological polar surface area (TPSA) is 84.6 Å². The van der Waals surface area contributed by atoms with Crippen LogP contribution in [0.15, 0.2) is 40.6 Å². The molecule has 1 aromatic rings. The maximum atomic E-state index is 13.8. The van der Waals surface area contributed by atoms with Crippen molar-refractivity contribution in [3.63, 3.8) is 0 Å². The van der Waals surface area contributed by atoms with Gasteiger partial charge in [-0.25, -0.2) is 4.39 Å². The van der Waals surface area contributed by atoms with Crippen LogP contribution in [0.25, 0.3) is 5.70 Å². The Hall–Kier alpha value is -2.22. The maximum absolute atomic E-state index is 13.8. The number of hydrogen-bond donors (Lipinski definition) is 3. The first-order valence-electron chi connectivity index (χ1n) is 7.63. The smallest absolute Gasteiger partial charge is 0.391 e. The molecule has 1 atom stereocenters. The van der Waals surface area contributed by atoms with Crippen LogP contribution < -0.4 is 11.5 Å². The minimum atomic E-state index is -4.32. The predicted octanol–water partition coefficient (Wildman–Crippen LogP) is 4.56. The van der Waals surface area contributed by atoms with Crippen LogP contribution in [-0.4, -0.2) is 23.7 Å². The maximum Gasteiger partial charge on any atom is 0.391 e. The van der Waals surface area contributed by atoms with Crippen LogP contribution in [0.4, 0.5) is 17.6 Å². The van der Waals surface area contributed by atoms with Gasteiger partial charge in [0.05, 0.1) is 11.5 Å². The second kappa shape index (κ2) is 8.93. The fourth-order valence-electron chi connectivity index (χ4n) is 1.94. The molecular formula is C17H20ClF4N3O. The zero-order chi connectivity index (χ0) is 20.1. The molecule has 0 fully saturated rings. The fraction of sp³-hybridized carbons (Fsp3) is 0.353. The minimum Gasteiger partial charge on any atom is -0.512 e. The molecule has 0 aliphatic carbocycles. The van der Waals surface area contributed by atoms with Gasteiger partial charge in [0.1, 0.15) is 17.4 Å². The normalized spacial score (nSPS) is 15.7. The molecule has 0 heterocycles. The van der Waals surface area contributed by atoms with Crippen molar-refractivity contribution in [1.29, 1.82) is 0 Å². The second-order valence-electron chi connectivity index (χ2n) is 5.72. The average Bonchev–Trinajstić information content (AvgIpc) is 2.53. The Labute approximate surface area is 153 Å². The van der Waals surface area contributed by atoms with Crippen LogP contribution >= 0.6 is 11.6 Å². The standard InChI is InChI=1S/C17H20ClF4N3O/c1-9(17(20,21)22)5-6-25-16(24)12(10(2)26)8-15(23)13-7-11(18)3-4-14(13)19/h3-4,7-9,26H,5-6,23H2,1-2H3,(H2,24,25)/b12-10?,15-8-. The highest BCUT2D eigenvalue weighted by Crippen LogP contribution is 2.28. The summed E-state index contributed by atoms with van der Waals surface area (Å²) in [6, 6.07) is 3.77. The number of aliphatic hydroxyl groups is 1. The van der Waals surface area contributed by atoms with Crippen molar-refractivity contribution >= 4 is 23.1 Å². The van der Waals surface area contributed by atoms with Crippen LogP contribution in [-0.2, 0) is 0 Å². The van der Waals surface area contributed by atoms with Crippen molar-refractivity contribution in [2.45, 2.75) is 26.4 Å². The fourth-order valence-corrected chi connectivity index (χ4v) is 2.12. The summed E-state index contributed by atoms with van der Waals surface area (Å²) in [5.41, 5.74) is 11.5. The van der Waals surface area contributed by atoms with Gasteiger partial charge in [-0.05, 0) is 37.6 Å². The molecule has 0 amide bonds. The van der Waals surface area contributed by atoms with Crippen molar-refractivity contribution in [3.05, 3.63) is 52.0 Å². The number of aliphatic imine (C=N–C) groups is 1. The molecule has 0 aliphatic heterocycles. The Morgan fingerprint density at radius 2 is 1.96 bits per heavy atom. The highest BCUT2D eigenvalue weighted by molar-refractivity contribution is 6.30. The van der Waals surface area contributed by atoms with Crippen LogP contribution in [0.2, 0.25) is 5.02 Å². The lowest BCUT2D eigenvalue weighted by atomic mass is 10.1. The number of amidine groups is 1. The Morgan fingerprint density at radius 3 is 2.50 bits per heavy atom. The van der Waals surface area contributed by atoms with E-state index in [0.717, 1.165) is 13.0 Å². The molecule has 4 nitrogen and oxygen atoms in total. The van der Waals surface area contributed by atoms with E-state index in [0.29, 0.717) is 0 Å². The van der Waals surface area contributed by atoms with Gasteiger partial charge >= 0.3 is 6.18 Å². The van der Waals surface area contributed by atoms with E-state index >= 15 is 0 Å². The highest BCUT2D eigenvalue weighted by Gasteiger charge is 2.35. The van der Waals surface area contributed by atoms with E-state index in [9.17, 15) is 22.7 Å².